The summed E-state index contributed by atoms with van der Waals surface area (Å²) in [4.78, 5) is 4.51. The molecule has 1 heterocycles. The molecular weight excluding hydrogens is 174 g/mol. The maximum Gasteiger partial charge on any atom is 0.112 e. The fourth-order valence-corrected chi connectivity index (χ4v) is 2.05. The van der Waals surface area contributed by atoms with E-state index in [2.05, 4.69) is 22.5 Å². The molecule has 0 amide bonds. The van der Waals surface area contributed by atoms with Gasteiger partial charge >= 0.3 is 0 Å². The number of nitrogens with zero attached hydrogens (tertiary/aromatic N) is 2. The Balaban J connectivity index is 2.37. The Morgan fingerprint density at radius 2 is 2.21 bits per heavy atom. The van der Waals surface area contributed by atoms with E-state index in [9.17, 15) is 0 Å². The summed E-state index contributed by atoms with van der Waals surface area (Å²) in [6, 6.07) is 6.68. The number of nitrogen functional groups attached to an aromatic ring is 1. The van der Waals surface area contributed by atoms with Crippen LogP contribution < -0.4 is 5.73 Å². The van der Waals surface area contributed by atoms with Crippen LogP contribution in [0.25, 0.3) is 11.0 Å². The van der Waals surface area contributed by atoms with Crippen LogP contribution >= 0.6 is 0 Å². The molecule has 0 bridgehead atoms. The second-order valence-electron chi connectivity index (χ2n) is 3.98. The van der Waals surface area contributed by atoms with Crippen LogP contribution in [0.3, 0.4) is 0 Å². The number of nitrogens with two attached hydrogens (primary N) is 1. The van der Waals surface area contributed by atoms with Crippen LogP contribution in [-0.2, 0) is 0 Å². The summed E-state index contributed by atoms with van der Waals surface area (Å²) in [7, 11) is 0. The van der Waals surface area contributed by atoms with Gasteiger partial charge in [-0.05, 0) is 31.9 Å². The van der Waals surface area contributed by atoms with E-state index in [1.54, 1.807) is 0 Å². The van der Waals surface area contributed by atoms with Crippen molar-refractivity contribution >= 4 is 16.7 Å². The highest BCUT2D eigenvalue weighted by Crippen LogP contribution is 2.39. The van der Waals surface area contributed by atoms with Crippen molar-refractivity contribution in [1.82, 2.24) is 9.55 Å². The van der Waals surface area contributed by atoms with Gasteiger partial charge in [0.1, 0.15) is 11.3 Å². The molecule has 0 atom stereocenters. The summed E-state index contributed by atoms with van der Waals surface area (Å²) < 4.78 is 2.31. The third kappa shape index (κ3) is 0.953. The van der Waals surface area contributed by atoms with Gasteiger partial charge < -0.3 is 10.3 Å². The first-order valence-corrected chi connectivity index (χ1v) is 5.00. The van der Waals surface area contributed by atoms with E-state index in [0.717, 1.165) is 17.0 Å². The highest BCUT2D eigenvalue weighted by molar-refractivity contribution is 5.87. The lowest BCUT2D eigenvalue weighted by Crippen LogP contribution is -1.96. The van der Waals surface area contributed by atoms with Crippen molar-refractivity contribution in [3.05, 3.63) is 24.0 Å². The number of aromatic nitrogens is 2. The van der Waals surface area contributed by atoms with E-state index in [1.807, 2.05) is 12.1 Å². The summed E-state index contributed by atoms with van der Waals surface area (Å²) in [5, 5.41) is 0. The van der Waals surface area contributed by atoms with Crippen molar-refractivity contribution in [2.75, 3.05) is 5.73 Å². The van der Waals surface area contributed by atoms with Gasteiger partial charge in [-0.3, -0.25) is 0 Å². The number of hydrogen-bond donors (Lipinski definition) is 1. The average molecular weight is 187 g/mol. The predicted octanol–water partition coefficient (Wildman–Crippen LogP) is 2.26. The Bertz CT molecular complexity index is 494. The fraction of sp³-hybridized carbons (Fsp3) is 0.364. The van der Waals surface area contributed by atoms with Crippen molar-refractivity contribution < 1.29 is 0 Å². The van der Waals surface area contributed by atoms with Crippen molar-refractivity contribution in [2.24, 2.45) is 0 Å². The highest BCUT2D eigenvalue weighted by atomic mass is 15.1. The summed E-state index contributed by atoms with van der Waals surface area (Å²) in [6.45, 7) is 2.05. The van der Waals surface area contributed by atoms with Crippen LogP contribution in [0, 0.1) is 6.92 Å². The van der Waals surface area contributed by atoms with Crippen molar-refractivity contribution in [3.8, 4) is 0 Å². The summed E-state index contributed by atoms with van der Waals surface area (Å²) in [6.07, 6.45) is 2.56. The third-order valence-electron chi connectivity index (χ3n) is 2.84. The quantitative estimate of drug-likeness (QED) is 0.696. The Kier molecular flexibility index (Phi) is 1.40. The van der Waals surface area contributed by atoms with Gasteiger partial charge in [-0.1, -0.05) is 6.07 Å². The number of benzene rings is 1. The monoisotopic (exact) mass is 187 g/mol. The molecule has 14 heavy (non-hydrogen) atoms. The van der Waals surface area contributed by atoms with Gasteiger partial charge in [-0.2, -0.15) is 0 Å². The molecule has 1 aliphatic rings. The largest absolute Gasteiger partial charge is 0.397 e. The Morgan fingerprint density at radius 1 is 1.43 bits per heavy atom. The maximum absolute atomic E-state index is 5.88. The molecule has 1 fully saturated rings. The van der Waals surface area contributed by atoms with Gasteiger partial charge in [0.05, 0.1) is 11.2 Å². The van der Waals surface area contributed by atoms with E-state index in [1.165, 1.54) is 18.4 Å². The van der Waals surface area contributed by atoms with Crippen molar-refractivity contribution in [2.45, 2.75) is 25.8 Å². The number of aryl methyl sites for hydroxylation is 1. The van der Waals surface area contributed by atoms with Gasteiger partial charge in [0.25, 0.3) is 0 Å². The smallest absolute Gasteiger partial charge is 0.112 e. The molecule has 1 aromatic carbocycles. The topological polar surface area (TPSA) is 43.8 Å². The van der Waals surface area contributed by atoms with Crippen LogP contribution in [0.1, 0.15) is 24.7 Å². The number of hydrogen-bond acceptors (Lipinski definition) is 2. The molecule has 3 nitrogen and oxygen atoms in total. The molecule has 0 unspecified atom stereocenters. The molecule has 2 N–H and O–H groups in total. The second kappa shape index (κ2) is 2.50. The normalized spacial score (nSPS) is 16.4. The molecule has 72 valence electrons. The van der Waals surface area contributed by atoms with Crippen LogP contribution in [0.4, 0.5) is 5.69 Å². The van der Waals surface area contributed by atoms with Crippen molar-refractivity contribution in [3.63, 3.8) is 0 Å². The van der Waals surface area contributed by atoms with Gasteiger partial charge in [0, 0.05) is 6.04 Å². The van der Waals surface area contributed by atoms with E-state index >= 15 is 0 Å². The highest BCUT2D eigenvalue weighted by Gasteiger charge is 2.27. The zero-order valence-corrected chi connectivity index (χ0v) is 8.20. The van der Waals surface area contributed by atoms with E-state index in [-0.39, 0.29) is 0 Å². The lowest BCUT2D eigenvalue weighted by Gasteiger charge is -2.03. The lowest BCUT2D eigenvalue weighted by molar-refractivity contribution is 0.734. The van der Waals surface area contributed by atoms with E-state index < -0.39 is 0 Å². The molecule has 3 rings (SSSR count). The van der Waals surface area contributed by atoms with Gasteiger partial charge in [0.2, 0.25) is 0 Å². The predicted molar refractivity (Wildman–Crippen MR) is 57.2 cm³/mol. The van der Waals surface area contributed by atoms with Crippen LogP contribution in [-0.4, -0.2) is 9.55 Å². The lowest BCUT2D eigenvalue weighted by atomic mass is 10.3. The first-order valence-electron chi connectivity index (χ1n) is 5.00. The number of fused-ring (bicyclic) bond motifs is 1. The van der Waals surface area contributed by atoms with Gasteiger partial charge in [-0.25, -0.2) is 4.98 Å². The fourth-order valence-electron chi connectivity index (χ4n) is 2.05. The van der Waals surface area contributed by atoms with Crippen LogP contribution in [0.5, 0.6) is 0 Å². The Morgan fingerprint density at radius 3 is 2.93 bits per heavy atom. The molecular formula is C11H13N3. The van der Waals surface area contributed by atoms with Gasteiger partial charge in [-0.15, -0.1) is 0 Å². The van der Waals surface area contributed by atoms with Gasteiger partial charge in [0.15, 0.2) is 0 Å². The third-order valence-corrected chi connectivity index (χ3v) is 2.84. The molecule has 1 saturated carbocycles. The Hall–Kier alpha value is -1.51. The first kappa shape index (κ1) is 7.85. The minimum Gasteiger partial charge on any atom is -0.397 e. The minimum atomic E-state index is 0.668. The molecule has 1 aliphatic carbocycles. The SMILES string of the molecule is Cc1nc2c(N)cccc2n1C1CC1. The number of imidazole rings is 1. The van der Waals surface area contributed by atoms with Crippen LogP contribution in [0.15, 0.2) is 18.2 Å². The second-order valence-corrected chi connectivity index (χ2v) is 3.98. The number of rotatable bonds is 1. The zero-order valence-electron chi connectivity index (χ0n) is 8.20. The summed E-state index contributed by atoms with van der Waals surface area (Å²) in [5.41, 5.74) is 8.81. The molecule has 0 aliphatic heterocycles. The summed E-state index contributed by atoms with van der Waals surface area (Å²) >= 11 is 0. The van der Waals surface area contributed by atoms with E-state index in [4.69, 9.17) is 5.73 Å². The average Bonchev–Trinajstić information content (AvgIpc) is 2.91. The molecule has 0 radical (unpaired) electrons. The van der Waals surface area contributed by atoms with E-state index in [0.29, 0.717) is 6.04 Å². The maximum atomic E-state index is 5.88. The first-order chi connectivity index (χ1) is 6.77. The molecule has 0 spiro atoms. The standard InChI is InChI=1S/C11H13N3/c1-7-13-11-9(12)3-2-4-10(11)14(7)8-5-6-8/h2-4,8H,5-6,12H2,1H3. The number of para-hydroxylation sites is 1. The molecule has 3 heteroatoms. The van der Waals surface area contributed by atoms with Crippen LogP contribution in [0.2, 0.25) is 0 Å². The molecule has 2 aromatic rings. The minimum absolute atomic E-state index is 0.668. The molecule has 1 aromatic heterocycles. The van der Waals surface area contributed by atoms with Crippen molar-refractivity contribution in [1.29, 1.82) is 0 Å². The Labute approximate surface area is 82.5 Å². The number of anilines is 1. The zero-order chi connectivity index (χ0) is 9.71. The molecule has 0 saturated heterocycles. The summed E-state index contributed by atoms with van der Waals surface area (Å²) in [5.74, 6) is 1.08.